The molecule has 0 radical (unpaired) electrons. The molecule has 0 saturated carbocycles. The molecule has 4 aromatic rings. The number of aromatic nitrogens is 1. The molecule has 0 bridgehead atoms. The molecule has 0 fully saturated rings. The Morgan fingerprint density at radius 3 is 2.41 bits per heavy atom. The van der Waals surface area contributed by atoms with E-state index in [1.807, 2.05) is 72.8 Å². The lowest BCUT2D eigenvalue weighted by atomic mass is 9.92. The second kappa shape index (κ2) is 7.34. The van der Waals surface area contributed by atoms with Crippen LogP contribution >= 0.6 is 11.6 Å². The molecule has 0 N–H and O–H groups in total. The van der Waals surface area contributed by atoms with Crippen molar-refractivity contribution < 1.29 is 4.79 Å². The molecule has 0 amide bonds. The summed E-state index contributed by atoms with van der Waals surface area (Å²) >= 11 is 6.14. The quantitative estimate of drug-likeness (QED) is 0.391. The number of fused-ring (bicyclic) bond motifs is 1. The summed E-state index contributed by atoms with van der Waals surface area (Å²) in [7, 11) is 0. The molecule has 0 unspecified atom stereocenters. The van der Waals surface area contributed by atoms with Gasteiger partial charge in [0.15, 0.2) is 5.78 Å². The van der Waals surface area contributed by atoms with E-state index in [0.717, 1.165) is 28.5 Å². The number of hydrogen-bond donors (Lipinski definition) is 0. The first-order valence-electron chi connectivity index (χ1n) is 8.94. The molecule has 1 heterocycles. The van der Waals surface area contributed by atoms with Crippen LogP contribution in [0.3, 0.4) is 0 Å². The average molecular weight is 372 g/mol. The summed E-state index contributed by atoms with van der Waals surface area (Å²) in [5.74, 6) is -0.0270. The second-order valence-electron chi connectivity index (χ2n) is 6.45. The first-order chi connectivity index (χ1) is 13.2. The van der Waals surface area contributed by atoms with Crippen LogP contribution in [0.15, 0.2) is 79.0 Å². The number of carbonyl (C=O) groups is 1. The Kier molecular flexibility index (Phi) is 4.74. The minimum Gasteiger partial charge on any atom is -0.289 e. The third-order valence-corrected chi connectivity index (χ3v) is 5.00. The van der Waals surface area contributed by atoms with Crippen molar-refractivity contribution >= 4 is 28.3 Å². The zero-order chi connectivity index (χ0) is 18.8. The van der Waals surface area contributed by atoms with Gasteiger partial charge in [0.05, 0.1) is 5.52 Å². The van der Waals surface area contributed by atoms with Gasteiger partial charge in [-0.3, -0.25) is 9.78 Å². The van der Waals surface area contributed by atoms with Gasteiger partial charge in [-0.15, -0.1) is 0 Å². The van der Waals surface area contributed by atoms with E-state index in [9.17, 15) is 4.79 Å². The molecule has 3 heteroatoms. The average Bonchev–Trinajstić information content (AvgIpc) is 2.73. The van der Waals surface area contributed by atoms with Crippen LogP contribution in [-0.2, 0) is 6.42 Å². The largest absolute Gasteiger partial charge is 0.289 e. The molecule has 0 aliphatic heterocycles. The third-order valence-electron chi connectivity index (χ3n) is 4.76. The standard InChI is InChI=1S/C24H18ClNO/c1-2-16-8-10-18(11-9-16)24(27)21-15-26-22-14-19(25)12-13-20(22)23(21)17-6-4-3-5-7-17/h3-15H,2H2,1H3. The topological polar surface area (TPSA) is 30.0 Å². The van der Waals surface area contributed by atoms with E-state index < -0.39 is 0 Å². The predicted molar refractivity (Wildman–Crippen MR) is 111 cm³/mol. The van der Waals surface area contributed by atoms with Gasteiger partial charge in [-0.05, 0) is 29.7 Å². The number of pyridine rings is 1. The van der Waals surface area contributed by atoms with Gasteiger partial charge in [0.25, 0.3) is 0 Å². The van der Waals surface area contributed by atoms with Crippen molar-refractivity contribution in [2.45, 2.75) is 13.3 Å². The fourth-order valence-corrected chi connectivity index (χ4v) is 3.47. The molecule has 3 aromatic carbocycles. The Labute approximate surface area is 163 Å². The highest BCUT2D eigenvalue weighted by atomic mass is 35.5. The molecule has 4 rings (SSSR count). The highest BCUT2D eigenvalue weighted by molar-refractivity contribution is 6.31. The smallest absolute Gasteiger partial charge is 0.195 e. The van der Waals surface area contributed by atoms with Crippen LogP contribution in [0.2, 0.25) is 5.02 Å². The van der Waals surface area contributed by atoms with Crippen LogP contribution in [0.1, 0.15) is 28.4 Å². The van der Waals surface area contributed by atoms with Crippen LogP contribution in [0.5, 0.6) is 0 Å². The van der Waals surface area contributed by atoms with Crippen molar-refractivity contribution in [2.24, 2.45) is 0 Å². The lowest BCUT2D eigenvalue weighted by Crippen LogP contribution is -2.05. The van der Waals surface area contributed by atoms with E-state index in [1.165, 1.54) is 5.56 Å². The fourth-order valence-electron chi connectivity index (χ4n) is 3.30. The molecule has 27 heavy (non-hydrogen) atoms. The molecule has 0 aliphatic carbocycles. The van der Waals surface area contributed by atoms with Crippen molar-refractivity contribution in [1.82, 2.24) is 4.98 Å². The fraction of sp³-hybridized carbons (Fsp3) is 0.0833. The lowest BCUT2D eigenvalue weighted by Gasteiger charge is -2.13. The Bertz CT molecular complexity index is 1120. The van der Waals surface area contributed by atoms with Crippen molar-refractivity contribution in [3.8, 4) is 11.1 Å². The number of aryl methyl sites for hydroxylation is 1. The maximum Gasteiger partial charge on any atom is 0.195 e. The number of rotatable bonds is 4. The van der Waals surface area contributed by atoms with Crippen LogP contribution in [0.4, 0.5) is 0 Å². The molecule has 0 saturated heterocycles. The van der Waals surface area contributed by atoms with Crippen LogP contribution < -0.4 is 0 Å². The molecular formula is C24H18ClNO. The molecule has 0 spiro atoms. The summed E-state index contributed by atoms with van der Waals surface area (Å²) in [5.41, 5.74) is 5.13. The van der Waals surface area contributed by atoms with E-state index in [0.29, 0.717) is 16.1 Å². The Morgan fingerprint density at radius 1 is 0.963 bits per heavy atom. The molecule has 1 aromatic heterocycles. The minimum atomic E-state index is -0.0270. The van der Waals surface area contributed by atoms with Gasteiger partial charge in [0.1, 0.15) is 0 Å². The van der Waals surface area contributed by atoms with Crippen molar-refractivity contribution in [3.63, 3.8) is 0 Å². The van der Waals surface area contributed by atoms with Gasteiger partial charge in [0, 0.05) is 33.3 Å². The first kappa shape index (κ1) is 17.4. The van der Waals surface area contributed by atoms with Gasteiger partial charge in [-0.1, -0.05) is 79.2 Å². The maximum atomic E-state index is 13.3. The molecule has 0 atom stereocenters. The summed E-state index contributed by atoms with van der Waals surface area (Å²) in [5, 5.41) is 1.55. The maximum absolute atomic E-state index is 13.3. The van der Waals surface area contributed by atoms with Crippen LogP contribution in [-0.4, -0.2) is 10.8 Å². The van der Waals surface area contributed by atoms with Crippen molar-refractivity contribution in [2.75, 3.05) is 0 Å². The highest BCUT2D eigenvalue weighted by Gasteiger charge is 2.18. The highest BCUT2D eigenvalue weighted by Crippen LogP contribution is 2.33. The Hall–Kier alpha value is -2.97. The monoisotopic (exact) mass is 371 g/mol. The van der Waals surface area contributed by atoms with Crippen LogP contribution in [0.25, 0.3) is 22.0 Å². The van der Waals surface area contributed by atoms with E-state index in [-0.39, 0.29) is 5.78 Å². The Morgan fingerprint density at radius 2 is 1.70 bits per heavy atom. The summed E-state index contributed by atoms with van der Waals surface area (Å²) in [4.78, 5) is 17.8. The zero-order valence-corrected chi connectivity index (χ0v) is 15.7. The zero-order valence-electron chi connectivity index (χ0n) is 14.9. The summed E-state index contributed by atoms with van der Waals surface area (Å²) in [6, 6.07) is 23.3. The molecule has 0 aliphatic rings. The SMILES string of the molecule is CCc1ccc(C(=O)c2cnc3cc(Cl)ccc3c2-c2ccccc2)cc1. The number of halogens is 1. The predicted octanol–water partition coefficient (Wildman–Crippen LogP) is 6.35. The van der Waals surface area contributed by atoms with Gasteiger partial charge in [-0.2, -0.15) is 0 Å². The normalized spacial score (nSPS) is 10.9. The number of benzene rings is 3. The van der Waals surface area contributed by atoms with Gasteiger partial charge >= 0.3 is 0 Å². The first-order valence-corrected chi connectivity index (χ1v) is 9.32. The van der Waals surface area contributed by atoms with E-state index in [1.54, 1.807) is 6.20 Å². The summed E-state index contributed by atoms with van der Waals surface area (Å²) in [6.45, 7) is 2.10. The lowest BCUT2D eigenvalue weighted by molar-refractivity contribution is 0.103. The van der Waals surface area contributed by atoms with E-state index in [4.69, 9.17) is 11.6 Å². The number of hydrogen-bond acceptors (Lipinski definition) is 2. The molecular weight excluding hydrogens is 354 g/mol. The van der Waals surface area contributed by atoms with E-state index >= 15 is 0 Å². The third kappa shape index (κ3) is 3.36. The summed E-state index contributed by atoms with van der Waals surface area (Å²) in [6.07, 6.45) is 2.61. The van der Waals surface area contributed by atoms with Crippen molar-refractivity contribution in [1.29, 1.82) is 0 Å². The van der Waals surface area contributed by atoms with Gasteiger partial charge < -0.3 is 0 Å². The molecule has 132 valence electrons. The summed E-state index contributed by atoms with van der Waals surface area (Å²) < 4.78 is 0. The number of nitrogens with zero attached hydrogens (tertiary/aromatic N) is 1. The minimum absolute atomic E-state index is 0.0270. The van der Waals surface area contributed by atoms with Crippen molar-refractivity contribution in [3.05, 3.63) is 101 Å². The molecule has 2 nitrogen and oxygen atoms in total. The van der Waals surface area contributed by atoms with Crippen LogP contribution in [0, 0.1) is 0 Å². The second-order valence-corrected chi connectivity index (χ2v) is 6.89. The van der Waals surface area contributed by atoms with Gasteiger partial charge in [0.2, 0.25) is 0 Å². The number of ketones is 1. The Balaban J connectivity index is 1.94. The van der Waals surface area contributed by atoms with E-state index in [2.05, 4.69) is 11.9 Å². The number of carbonyl (C=O) groups excluding carboxylic acids is 1. The van der Waals surface area contributed by atoms with Gasteiger partial charge in [-0.25, -0.2) is 0 Å².